The molecule has 1 fully saturated rings. The first-order valence-electron chi connectivity index (χ1n) is 11.6. The van der Waals surface area contributed by atoms with Gasteiger partial charge in [-0.3, -0.25) is 4.79 Å². The number of anilines is 1. The van der Waals surface area contributed by atoms with Crippen LogP contribution < -0.4 is 4.90 Å². The van der Waals surface area contributed by atoms with E-state index in [9.17, 15) is 9.18 Å². The van der Waals surface area contributed by atoms with Crippen molar-refractivity contribution >= 4 is 11.8 Å². The van der Waals surface area contributed by atoms with Crippen LogP contribution in [0.1, 0.15) is 21.5 Å². The van der Waals surface area contributed by atoms with Crippen molar-refractivity contribution < 1.29 is 18.4 Å². The summed E-state index contributed by atoms with van der Waals surface area (Å²) in [6.07, 6.45) is 0. The SMILES string of the molecule is O=C(c1ccc(F)cc1)N(Cc1ccccc1)Cc1c(-c2ccccc2)noc1N1CCOCC1. The molecule has 4 aromatic rings. The van der Waals surface area contributed by atoms with Crippen LogP contribution in [0.4, 0.5) is 10.3 Å². The van der Waals surface area contributed by atoms with E-state index in [1.807, 2.05) is 60.7 Å². The quantitative estimate of drug-likeness (QED) is 0.373. The van der Waals surface area contributed by atoms with Crippen molar-refractivity contribution in [2.75, 3.05) is 31.2 Å². The summed E-state index contributed by atoms with van der Waals surface area (Å²) in [5.41, 5.74) is 3.88. The van der Waals surface area contributed by atoms with Crippen molar-refractivity contribution in [3.8, 4) is 11.3 Å². The lowest BCUT2D eigenvalue weighted by molar-refractivity contribution is 0.0729. The number of carbonyl (C=O) groups excluding carboxylic acids is 1. The van der Waals surface area contributed by atoms with E-state index in [-0.39, 0.29) is 18.3 Å². The Morgan fingerprint density at radius 3 is 2.23 bits per heavy atom. The number of halogens is 1. The highest BCUT2D eigenvalue weighted by Gasteiger charge is 2.27. The van der Waals surface area contributed by atoms with Gasteiger partial charge in [-0.2, -0.15) is 0 Å². The molecule has 0 atom stereocenters. The summed E-state index contributed by atoms with van der Waals surface area (Å²) in [4.78, 5) is 17.5. The van der Waals surface area contributed by atoms with Crippen molar-refractivity contribution in [3.05, 3.63) is 107 Å². The van der Waals surface area contributed by atoms with Gasteiger partial charge in [0.25, 0.3) is 5.91 Å². The molecule has 0 bridgehead atoms. The number of ether oxygens (including phenoxy) is 1. The molecule has 1 amide bonds. The number of amides is 1. The molecule has 0 unspecified atom stereocenters. The van der Waals surface area contributed by atoms with Gasteiger partial charge in [0.15, 0.2) is 0 Å². The lowest BCUT2D eigenvalue weighted by atomic mass is 10.1. The average Bonchev–Trinajstić information content (AvgIpc) is 3.33. The molecule has 0 radical (unpaired) electrons. The van der Waals surface area contributed by atoms with E-state index in [2.05, 4.69) is 10.1 Å². The van der Waals surface area contributed by atoms with Crippen molar-refractivity contribution in [2.45, 2.75) is 13.1 Å². The Morgan fingerprint density at radius 1 is 0.886 bits per heavy atom. The van der Waals surface area contributed by atoms with Gasteiger partial charge in [0.2, 0.25) is 5.88 Å². The summed E-state index contributed by atoms with van der Waals surface area (Å²) in [5.74, 6) is 0.0790. The smallest absolute Gasteiger partial charge is 0.254 e. The van der Waals surface area contributed by atoms with Crippen molar-refractivity contribution in [1.29, 1.82) is 0 Å². The molecule has 1 saturated heterocycles. The van der Waals surface area contributed by atoms with E-state index in [4.69, 9.17) is 9.26 Å². The molecule has 1 aliphatic rings. The third kappa shape index (κ3) is 5.25. The Labute approximate surface area is 203 Å². The van der Waals surface area contributed by atoms with Crippen LogP contribution in [0, 0.1) is 5.82 Å². The van der Waals surface area contributed by atoms with E-state index in [0.29, 0.717) is 50.0 Å². The summed E-state index contributed by atoms with van der Waals surface area (Å²) < 4.78 is 24.9. The number of benzene rings is 3. The Kier molecular flexibility index (Phi) is 6.86. The highest BCUT2D eigenvalue weighted by molar-refractivity contribution is 5.94. The minimum absolute atomic E-state index is 0.193. The highest BCUT2D eigenvalue weighted by atomic mass is 19.1. The average molecular weight is 472 g/mol. The van der Waals surface area contributed by atoms with Gasteiger partial charge in [-0.15, -0.1) is 0 Å². The zero-order valence-corrected chi connectivity index (χ0v) is 19.3. The van der Waals surface area contributed by atoms with E-state index >= 15 is 0 Å². The van der Waals surface area contributed by atoms with Gasteiger partial charge >= 0.3 is 0 Å². The largest absolute Gasteiger partial charge is 0.378 e. The molecule has 0 spiro atoms. The Morgan fingerprint density at radius 2 is 1.54 bits per heavy atom. The van der Waals surface area contributed by atoms with Gasteiger partial charge in [0.05, 0.1) is 25.3 Å². The van der Waals surface area contributed by atoms with E-state index in [1.165, 1.54) is 24.3 Å². The molecule has 2 heterocycles. The molecular formula is C28H26FN3O3. The van der Waals surface area contributed by atoms with Gasteiger partial charge in [0, 0.05) is 30.8 Å². The monoisotopic (exact) mass is 471 g/mol. The van der Waals surface area contributed by atoms with Crippen LogP contribution in [0.2, 0.25) is 0 Å². The predicted octanol–water partition coefficient (Wildman–Crippen LogP) is 5.16. The predicted molar refractivity (Wildman–Crippen MR) is 131 cm³/mol. The zero-order chi connectivity index (χ0) is 24.0. The minimum Gasteiger partial charge on any atom is -0.378 e. The van der Waals surface area contributed by atoms with Crippen molar-refractivity contribution in [3.63, 3.8) is 0 Å². The number of hydrogen-bond acceptors (Lipinski definition) is 5. The van der Waals surface area contributed by atoms with E-state index in [0.717, 1.165) is 16.7 Å². The second kappa shape index (κ2) is 10.5. The maximum atomic E-state index is 13.6. The van der Waals surface area contributed by atoms with Gasteiger partial charge in [-0.05, 0) is 29.8 Å². The van der Waals surface area contributed by atoms with Crippen LogP contribution in [0.15, 0.2) is 89.5 Å². The maximum Gasteiger partial charge on any atom is 0.254 e. The van der Waals surface area contributed by atoms with Crippen LogP contribution in [0.3, 0.4) is 0 Å². The van der Waals surface area contributed by atoms with E-state index in [1.54, 1.807) is 4.90 Å². The molecule has 178 valence electrons. The first-order chi connectivity index (χ1) is 17.2. The van der Waals surface area contributed by atoms with Crippen LogP contribution in [0.25, 0.3) is 11.3 Å². The molecule has 3 aromatic carbocycles. The first kappa shape index (κ1) is 22.8. The van der Waals surface area contributed by atoms with Crippen LogP contribution >= 0.6 is 0 Å². The molecule has 35 heavy (non-hydrogen) atoms. The normalized spacial score (nSPS) is 13.6. The summed E-state index contributed by atoms with van der Waals surface area (Å²) in [6.45, 7) is 3.23. The fourth-order valence-corrected chi connectivity index (χ4v) is 4.25. The third-order valence-corrected chi connectivity index (χ3v) is 6.06. The molecular weight excluding hydrogens is 445 g/mol. The number of morpholine rings is 1. The summed E-state index contributed by atoms with van der Waals surface area (Å²) >= 11 is 0. The molecule has 0 N–H and O–H groups in total. The fourth-order valence-electron chi connectivity index (χ4n) is 4.25. The minimum atomic E-state index is -0.379. The molecule has 1 aliphatic heterocycles. The maximum absolute atomic E-state index is 13.6. The number of aromatic nitrogens is 1. The molecule has 6 nitrogen and oxygen atoms in total. The van der Waals surface area contributed by atoms with Gasteiger partial charge in [0.1, 0.15) is 11.5 Å². The number of rotatable bonds is 7. The summed E-state index contributed by atoms with van der Waals surface area (Å²) in [7, 11) is 0. The lowest BCUT2D eigenvalue weighted by Gasteiger charge is -2.28. The summed E-state index contributed by atoms with van der Waals surface area (Å²) in [6, 6.07) is 25.3. The van der Waals surface area contributed by atoms with Crippen molar-refractivity contribution in [2.24, 2.45) is 0 Å². The number of carbonyl (C=O) groups is 1. The Hall–Kier alpha value is -3.97. The van der Waals surface area contributed by atoms with Crippen LogP contribution in [-0.4, -0.2) is 42.3 Å². The highest BCUT2D eigenvalue weighted by Crippen LogP contribution is 2.33. The van der Waals surface area contributed by atoms with Crippen molar-refractivity contribution in [1.82, 2.24) is 10.1 Å². The van der Waals surface area contributed by atoms with Gasteiger partial charge in [-0.25, -0.2) is 4.39 Å². The molecule has 7 heteroatoms. The van der Waals surface area contributed by atoms with Crippen LogP contribution in [-0.2, 0) is 17.8 Å². The topological polar surface area (TPSA) is 58.8 Å². The Bertz CT molecular complexity index is 1250. The second-order valence-electron chi connectivity index (χ2n) is 8.43. The molecule has 1 aromatic heterocycles. The van der Waals surface area contributed by atoms with E-state index < -0.39 is 0 Å². The number of nitrogens with zero attached hydrogens (tertiary/aromatic N) is 3. The fraction of sp³-hybridized carbons (Fsp3) is 0.214. The second-order valence-corrected chi connectivity index (χ2v) is 8.43. The van der Waals surface area contributed by atoms with Gasteiger partial charge in [-0.1, -0.05) is 65.8 Å². The molecule has 0 saturated carbocycles. The Balaban J connectivity index is 1.55. The van der Waals surface area contributed by atoms with Gasteiger partial charge < -0.3 is 19.1 Å². The zero-order valence-electron chi connectivity index (χ0n) is 19.3. The first-order valence-corrected chi connectivity index (χ1v) is 11.6. The van der Waals surface area contributed by atoms with Crippen LogP contribution in [0.5, 0.6) is 0 Å². The molecule has 5 rings (SSSR count). The standard InChI is InChI=1S/C28H26FN3O3/c29-24-13-11-23(12-14-24)27(33)32(19-21-7-3-1-4-8-21)20-25-26(22-9-5-2-6-10-22)30-35-28(25)31-15-17-34-18-16-31/h1-14H,15-20H2. The third-order valence-electron chi connectivity index (χ3n) is 6.06. The lowest BCUT2D eigenvalue weighted by Crippen LogP contribution is -2.37. The number of hydrogen-bond donors (Lipinski definition) is 0. The molecule has 0 aliphatic carbocycles. The summed E-state index contributed by atoms with van der Waals surface area (Å²) in [5, 5.41) is 4.42.